The van der Waals surface area contributed by atoms with E-state index in [9.17, 15) is 17.2 Å². The van der Waals surface area contributed by atoms with E-state index in [0.29, 0.717) is 0 Å². The summed E-state index contributed by atoms with van der Waals surface area (Å²) in [4.78, 5) is 3.28. The van der Waals surface area contributed by atoms with Crippen molar-refractivity contribution < 1.29 is 17.2 Å². The van der Waals surface area contributed by atoms with Crippen LogP contribution in [0.3, 0.4) is 0 Å². The van der Waals surface area contributed by atoms with Gasteiger partial charge in [-0.25, -0.2) is 27.3 Å². The van der Waals surface area contributed by atoms with Gasteiger partial charge in [-0.3, -0.25) is 0 Å². The lowest BCUT2D eigenvalue weighted by Crippen LogP contribution is -2.18. The van der Waals surface area contributed by atoms with Crippen LogP contribution in [-0.4, -0.2) is 13.4 Å². The number of nitrogen functional groups attached to an aromatic ring is 1. The minimum atomic E-state index is -4.32. The molecule has 1 rings (SSSR count). The molecule has 0 aliphatic rings. The molecule has 4 N–H and O–H groups in total. The predicted octanol–water partition coefficient (Wildman–Crippen LogP) is 1.01. The number of hydrogen-bond donors (Lipinski definition) is 2. The molecule has 0 saturated carbocycles. The molecule has 0 bridgehead atoms. The van der Waals surface area contributed by atoms with Gasteiger partial charge in [0, 0.05) is 4.47 Å². The number of aromatic nitrogens is 1. The second kappa shape index (κ2) is 3.99. The van der Waals surface area contributed by atoms with Crippen LogP contribution in [0, 0.1) is 0 Å². The Hall–Kier alpha value is -0.800. The first-order valence-corrected chi connectivity index (χ1v) is 5.84. The summed E-state index contributed by atoms with van der Waals surface area (Å²) in [6, 6.07) is 1.08. The van der Waals surface area contributed by atoms with E-state index in [1.807, 2.05) is 0 Å². The van der Waals surface area contributed by atoms with Crippen LogP contribution in [0.2, 0.25) is 0 Å². The Kier molecular flexibility index (Phi) is 3.26. The predicted molar refractivity (Wildman–Crippen MR) is 52.7 cm³/mol. The van der Waals surface area contributed by atoms with E-state index in [2.05, 4.69) is 20.9 Å². The molecular weight excluding hydrogens is 296 g/mol. The van der Waals surface area contributed by atoms with Gasteiger partial charge in [-0.05, 0) is 6.07 Å². The third-order valence-electron chi connectivity index (χ3n) is 1.48. The monoisotopic (exact) mass is 301 g/mol. The molecule has 1 aromatic heterocycles. The number of rotatable bonds is 2. The molecule has 0 radical (unpaired) electrons. The zero-order valence-corrected chi connectivity index (χ0v) is 9.52. The summed E-state index contributed by atoms with van der Waals surface area (Å²) >= 11 is 2.77. The smallest absolute Gasteiger partial charge is 0.267 e. The van der Waals surface area contributed by atoms with Gasteiger partial charge in [0.2, 0.25) is 0 Å². The van der Waals surface area contributed by atoms with Gasteiger partial charge in [-0.1, -0.05) is 15.9 Å². The maximum absolute atomic E-state index is 12.5. The molecule has 0 saturated heterocycles. The summed E-state index contributed by atoms with van der Waals surface area (Å²) in [7, 11) is -4.32. The Balaban J connectivity index is 3.62. The Morgan fingerprint density at radius 2 is 2.00 bits per heavy atom. The third-order valence-corrected chi connectivity index (χ3v) is 2.99. The lowest BCUT2D eigenvalue weighted by Gasteiger charge is -2.08. The highest BCUT2D eigenvalue weighted by molar-refractivity contribution is 9.10. The summed E-state index contributed by atoms with van der Waals surface area (Å²) in [5.41, 5.74) is 4.43. The maximum Gasteiger partial charge on any atom is 0.267 e. The molecule has 15 heavy (non-hydrogen) atoms. The van der Waals surface area contributed by atoms with Crippen molar-refractivity contribution in [3.8, 4) is 0 Å². The van der Waals surface area contributed by atoms with Crippen LogP contribution in [0.5, 0.6) is 0 Å². The number of anilines is 1. The van der Waals surface area contributed by atoms with Gasteiger partial charge in [-0.15, -0.1) is 0 Å². The number of hydrogen-bond acceptors (Lipinski definition) is 4. The highest BCUT2D eigenvalue weighted by atomic mass is 79.9. The minimum absolute atomic E-state index is 0.144. The molecule has 0 unspecified atom stereocenters. The Labute approximate surface area is 92.7 Å². The van der Waals surface area contributed by atoms with Crippen molar-refractivity contribution in [3.63, 3.8) is 0 Å². The molecule has 0 spiro atoms. The minimum Gasteiger partial charge on any atom is -0.384 e. The van der Waals surface area contributed by atoms with Crippen molar-refractivity contribution in [2.75, 3.05) is 5.73 Å². The standard InChI is InChI=1S/C6H6BrF2N3O2S/c7-2-1-3(10)12-6(15(11,13)14)4(2)5(8)9/h1,5H,(H2,10,12)(H2,11,13,14). The lowest BCUT2D eigenvalue weighted by molar-refractivity contribution is 0.146. The molecule has 0 aromatic carbocycles. The van der Waals surface area contributed by atoms with Gasteiger partial charge < -0.3 is 5.73 Å². The normalized spacial score (nSPS) is 12.1. The molecule has 1 heterocycles. The fourth-order valence-electron chi connectivity index (χ4n) is 0.934. The van der Waals surface area contributed by atoms with Gasteiger partial charge in [0.25, 0.3) is 16.4 Å². The number of halogens is 3. The zero-order chi connectivity index (χ0) is 11.8. The highest BCUT2D eigenvalue weighted by Crippen LogP contribution is 2.32. The van der Waals surface area contributed by atoms with Crippen molar-refractivity contribution in [2.24, 2.45) is 5.14 Å². The van der Waals surface area contributed by atoms with E-state index in [1.165, 1.54) is 0 Å². The summed E-state index contributed by atoms with van der Waals surface area (Å²) in [5, 5.41) is 3.82. The Bertz CT molecular complexity index is 491. The third kappa shape index (κ3) is 2.61. The van der Waals surface area contributed by atoms with Gasteiger partial charge in [-0.2, -0.15) is 0 Å². The number of nitrogens with two attached hydrogens (primary N) is 2. The Morgan fingerprint density at radius 1 is 1.47 bits per heavy atom. The molecule has 0 aliphatic heterocycles. The van der Waals surface area contributed by atoms with Gasteiger partial charge in [0.1, 0.15) is 5.82 Å². The number of nitrogens with zero attached hydrogens (tertiary/aromatic N) is 1. The first-order valence-electron chi connectivity index (χ1n) is 3.50. The number of primary sulfonamides is 1. The largest absolute Gasteiger partial charge is 0.384 e. The molecule has 0 aliphatic carbocycles. The summed E-state index contributed by atoms with van der Waals surface area (Å²) < 4.78 is 46.8. The van der Waals surface area contributed by atoms with Crippen LogP contribution in [0.4, 0.5) is 14.6 Å². The van der Waals surface area contributed by atoms with Crippen LogP contribution in [0.15, 0.2) is 15.6 Å². The lowest BCUT2D eigenvalue weighted by atomic mass is 10.3. The van der Waals surface area contributed by atoms with Crippen molar-refractivity contribution in [1.29, 1.82) is 0 Å². The fraction of sp³-hybridized carbons (Fsp3) is 0.167. The molecule has 0 fully saturated rings. The van der Waals surface area contributed by atoms with Crippen LogP contribution < -0.4 is 10.9 Å². The van der Waals surface area contributed by atoms with Gasteiger partial charge in [0.05, 0.1) is 5.56 Å². The molecular formula is C6H6BrF2N3O2S. The van der Waals surface area contributed by atoms with E-state index < -0.39 is 27.0 Å². The highest BCUT2D eigenvalue weighted by Gasteiger charge is 2.25. The van der Waals surface area contributed by atoms with E-state index in [1.54, 1.807) is 0 Å². The molecule has 0 atom stereocenters. The summed E-state index contributed by atoms with van der Waals surface area (Å²) in [6.07, 6.45) is -3.01. The first kappa shape index (κ1) is 12.3. The molecule has 1 aromatic rings. The number of sulfonamides is 1. The van der Waals surface area contributed by atoms with Gasteiger partial charge in [0.15, 0.2) is 5.03 Å². The second-order valence-corrected chi connectivity index (χ2v) is 4.92. The molecule has 9 heteroatoms. The molecule has 5 nitrogen and oxygen atoms in total. The quantitative estimate of drug-likeness (QED) is 0.851. The summed E-state index contributed by atoms with van der Waals surface area (Å²) in [6.45, 7) is 0. The van der Waals surface area contributed by atoms with Crippen molar-refractivity contribution in [1.82, 2.24) is 4.98 Å². The number of pyridine rings is 1. The van der Waals surface area contributed by atoms with Crippen molar-refractivity contribution >= 4 is 31.8 Å². The van der Waals surface area contributed by atoms with E-state index in [4.69, 9.17) is 10.9 Å². The molecule has 84 valence electrons. The maximum atomic E-state index is 12.5. The molecule has 0 amide bonds. The van der Waals surface area contributed by atoms with Gasteiger partial charge >= 0.3 is 0 Å². The average Bonchev–Trinajstić information content (AvgIpc) is 1.99. The first-order chi connectivity index (χ1) is 6.73. The van der Waals surface area contributed by atoms with E-state index >= 15 is 0 Å². The van der Waals surface area contributed by atoms with Crippen LogP contribution in [-0.2, 0) is 10.0 Å². The topological polar surface area (TPSA) is 99.1 Å². The van der Waals surface area contributed by atoms with E-state index in [0.717, 1.165) is 6.07 Å². The number of alkyl halides is 2. The van der Waals surface area contributed by atoms with Crippen molar-refractivity contribution in [3.05, 3.63) is 16.1 Å². The van der Waals surface area contributed by atoms with Crippen LogP contribution >= 0.6 is 15.9 Å². The zero-order valence-electron chi connectivity index (χ0n) is 7.12. The second-order valence-electron chi connectivity index (χ2n) is 2.59. The Morgan fingerprint density at radius 3 is 2.40 bits per heavy atom. The van der Waals surface area contributed by atoms with Crippen LogP contribution in [0.1, 0.15) is 12.0 Å². The van der Waals surface area contributed by atoms with E-state index in [-0.39, 0.29) is 10.3 Å². The average molecular weight is 302 g/mol. The summed E-state index contributed by atoms with van der Waals surface area (Å²) in [5.74, 6) is -0.213. The fourth-order valence-corrected chi connectivity index (χ4v) is 2.40. The van der Waals surface area contributed by atoms with Crippen LogP contribution in [0.25, 0.3) is 0 Å². The van der Waals surface area contributed by atoms with Crippen molar-refractivity contribution in [2.45, 2.75) is 11.5 Å². The SMILES string of the molecule is Nc1cc(Br)c(C(F)F)c(S(N)(=O)=O)n1.